The largest absolute Gasteiger partial charge is 0.328 e. The lowest BCUT2D eigenvalue weighted by Gasteiger charge is -2.15. The minimum atomic E-state index is -3.50. The average Bonchev–Trinajstić information content (AvgIpc) is 3.47. The van der Waals surface area contributed by atoms with Crippen LogP contribution in [0.25, 0.3) is 11.0 Å². The number of fused-ring (bicyclic) bond motifs is 1. The van der Waals surface area contributed by atoms with Crippen molar-refractivity contribution in [1.29, 1.82) is 0 Å². The molecule has 1 aromatic heterocycles. The summed E-state index contributed by atoms with van der Waals surface area (Å²) < 4.78 is 29.6. The van der Waals surface area contributed by atoms with E-state index in [1.807, 2.05) is 30.3 Å². The van der Waals surface area contributed by atoms with Gasteiger partial charge in [0.25, 0.3) is 0 Å². The minimum absolute atomic E-state index is 0.0651. The number of sulfonamides is 1. The third-order valence-electron chi connectivity index (χ3n) is 6.39. The van der Waals surface area contributed by atoms with Gasteiger partial charge in [0, 0.05) is 38.2 Å². The molecule has 0 saturated carbocycles. The van der Waals surface area contributed by atoms with E-state index in [1.54, 1.807) is 16.4 Å². The van der Waals surface area contributed by atoms with Gasteiger partial charge in [0.05, 0.1) is 15.9 Å². The SMILES string of the molecule is CCCn1c(CCC(=O)Nc2ccc(C(C)C)cc2)nc2cc(S(=O)(=O)N3CCCC3)ccc21. The summed E-state index contributed by atoms with van der Waals surface area (Å²) in [5.74, 6) is 1.18. The number of rotatable bonds is 9. The van der Waals surface area contributed by atoms with E-state index < -0.39 is 10.0 Å². The van der Waals surface area contributed by atoms with Crippen molar-refractivity contribution in [3.63, 3.8) is 0 Å². The lowest BCUT2D eigenvalue weighted by molar-refractivity contribution is -0.116. The molecule has 8 heteroatoms. The molecule has 2 heterocycles. The van der Waals surface area contributed by atoms with Crippen LogP contribution in [0.5, 0.6) is 0 Å². The van der Waals surface area contributed by atoms with Crippen LogP contribution in [0.1, 0.15) is 63.8 Å². The second kappa shape index (κ2) is 10.3. The monoisotopic (exact) mass is 482 g/mol. The first-order valence-corrected chi connectivity index (χ1v) is 13.6. The number of anilines is 1. The van der Waals surface area contributed by atoms with Crippen molar-refractivity contribution >= 4 is 32.7 Å². The number of aromatic nitrogens is 2. The summed E-state index contributed by atoms with van der Waals surface area (Å²) >= 11 is 0. The first-order chi connectivity index (χ1) is 16.3. The van der Waals surface area contributed by atoms with E-state index in [4.69, 9.17) is 4.98 Å². The standard InChI is InChI=1S/C26H34N4O3S/c1-4-15-30-24-12-11-22(34(32,33)29-16-5-6-17-29)18-23(24)28-25(30)13-14-26(31)27-21-9-7-20(8-10-21)19(2)3/h7-12,18-19H,4-6,13-17H2,1-3H3,(H,27,31). The number of amides is 1. The molecule has 0 atom stereocenters. The van der Waals surface area contributed by atoms with Gasteiger partial charge in [-0.25, -0.2) is 13.4 Å². The summed E-state index contributed by atoms with van der Waals surface area (Å²) in [7, 11) is -3.50. The Kier molecular flexibility index (Phi) is 7.38. The second-order valence-electron chi connectivity index (χ2n) is 9.27. The number of nitrogens with zero attached hydrogens (tertiary/aromatic N) is 3. The lowest BCUT2D eigenvalue weighted by atomic mass is 10.0. The van der Waals surface area contributed by atoms with Crippen molar-refractivity contribution in [2.75, 3.05) is 18.4 Å². The van der Waals surface area contributed by atoms with E-state index in [0.717, 1.165) is 42.8 Å². The first kappa shape index (κ1) is 24.4. The van der Waals surface area contributed by atoms with Crippen LogP contribution in [0.4, 0.5) is 5.69 Å². The van der Waals surface area contributed by atoms with Crippen LogP contribution in [-0.4, -0.2) is 41.3 Å². The van der Waals surface area contributed by atoms with Gasteiger partial charge in [0.2, 0.25) is 15.9 Å². The van der Waals surface area contributed by atoms with Gasteiger partial charge in [-0.1, -0.05) is 32.9 Å². The summed E-state index contributed by atoms with van der Waals surface area (Å²) in [5.41, 5.74) is 3.58. The Hall–Kier alpha value is -2.71. The molecular formula is C26H34N4O3S. The van der Waals surface area contributed by atoms with Crippen LogP contribution in [-0.2, 0) is 27.8 Å². The maximum Gasteiger partial charge on any atom is 0.243 e. The van der Waals surface area contributed by atoms with Gasteiger partial charge in [0.15, 0.2) is 0 Å². The van der Waals surface area contributed by atoms with Crippen LogP contribution in [0, 0.1) is 0 Å². The molecular weight excluding hydrogens is 448 g/mol. The van der Waals surface area contributed by atoms with Crippen molar-refractivity contribution in [3.05, 3.63) is 53.9 Å². The Morgan fingerprint density at radius 2 is 1.79 bits per heavy atom. The summed E-state index contributed by atoms with van der Waals surface area (Å²) in [6.45, 7) is 8.29. The molecule has 0 aliphatic carbocycles. The van der Waals surface area contributed by atoms with Crippen LogP contribution in [0.2, 0.25) is 0 Å². The van der Waals surface area contributed by atoms with Gasteiger partial charge in [-0.2, -0.15) is 4.31 Å². The number of benzene rings is 2. The highest BCUT2D eigenvalue weighted by Crippen LogP contribution is 2.26. The normalized spacial score (nSPS) is 14.8. The Labute approximate surface area is 202 Å². The number of carbonyl (C=O) groups excluding carboxylic acids is 1. The highest BCUT2D eigenvalue weighted by Gasteiger charge is 2.27. The molecule has 7 nitrogen and oxygen atoms in total. The van der Waals surface area contributed by atoms with E-state index in [9.17, 15) is 13.2 Å². The molecule has 0 unspecified atom stereocenters. The van der Waals surface area contributed by atoms with Gasteiger partial charge in [0.1, 0.15) is 5.82 Å². The third kappa shape index (κ3) is 5.18. The fraction of sp³-hybridized carbons (Fsp3) is 0.462. The summed E-state index contributed by atoms with van der Waals surface area (Å²) in [4.78, 5) is 17.6. The highest BCUT2D eigenvalue weighted by atomic mass is 32.2. The number of carbonyl (C=O) groups is 1. The summed E-state index contributed by atoms with van der Waals surface area (Å²) in [5, 5.41) is 2.96. The average molecular weight is 483 g/mol. The molecule has 34 heavy (non-hydrogen) atoms. The fourth-order valence-electron chi connectivity index (χ4n) is 4.46. The molecule has 0 radical (unpaired) electrons. The predicted molar refractivity (Wildman–Crippen MR) is 135 cm³/mol. The molecule has 1 aliphatic rings. The van der Waals surface area contributed by atoms with Gasteiger partial charge in [-0.3, -0.25) is 4.79 Å². The topological polar surface area (TPSA) is 84.3 Å². The molecule has 0 bridgehead atoms. The van der Waals surface area contributed by atoms with Crippen molar-refractivity contribution in [2.45, 2.75) is 70.2 Å². The number of hydrogen-bond acceptors (Lipinski definition) is 4. The first-order valence-electron chi connectivity index (χ1n) is 12.2. The maximum atomic E-state index is 13.0. The minimum Gasteiger partial charge on any atom is -0.328 e. The molecule has 0 spiro atoms. The number of nitrogens with one attached hydrogen (secondary N) is 1. The zero-order chi connectivity index (χ0) is 24.3. The second-order valence-corrected chi connectivity index (χ2v) is 11.2. The van der Waals surface area contributed by atoms with Gasteiger partial charge < -0.3 is 9.88 Å². The quantitative estimate of drug-likeness (QED) is 0.469. The maximum absolute atomic E-state index is 13.0. The van der Waals surface area contributed by atoms with E-state index in [1.165, 1.54) is 5.56 Å². The molecule has 182 valence electrons. The van der Waals surface area contributed by atoms with Crippen molar-refractivity contribution in [3.8, 4) is 0 Å². The Morgan fingerprint density at radius 3 is 2.44 bits per heavy atom. The van der Waals surface area contributed by atoms with Crippen molar-refractivity contribution in [2.24, 2.45) is 0 Å². The molecule has 1 fully saturated rings. The molecule has 1 saturated heterocycles. The molecule has 1 amide bonds. The third-order valence-corrected chi connectivity index (χ3v) is 8.28. The zero-order valence-corrected chi connectivity index (χ0v) is 21.1. The van der Waals surface area contributed by atoms with Crippen LogP contribution in [0.15, 0.2) is 47.4 Å². The predicted octanol–water partition coefficient (Wildman–Crippen LogP) is 4.93. The van der Waals surface area contributed by atoms with Crippen molar-refractivity contribution in [1.82, 2.24) is 13.9 Å². The number of aryl methyl sites for hydroxylation is 2. The Bertz CT molecular complexity index is 1260. The Morgan fingerprint density at radius 1 is 1.09 bits per heavy atom. The summed E-state index contributed by atoms with van der Waals surface area (Å²) in [6.07, 6.45) is 3.51. The highest BCUT2D eigenvalue weighted by molar-refractivity contribution is 7.89. The summed E-state index contributed by atoms with van der Waals surface area (Å²) in [6, 6.07) is 13.1. The molecule has 4 rings (SSSR count). The number of hydrogen-bond donors (Lipinski definition) is 1. The zero-order valence-electron chi connectivity index (χ0n) is 20.3. The Balaban J connectivity index is 1.50. The van der Waals surface area contributed by atoms with E-state index >= 15 is 0 Å². The molecule has 3 aromatic rings. The van der Waals surface area contributed by atoms with E-state index in [0.29, 0.717) is 37.4 Å². The van der Waals surface area contributed by atoms with Crippen molar-refractivity contribution < 1.29 is 13.2 Å². The van der Waals surface area contributed by atoms with Gasteiger partial charge >= 0.3 is 0 Å². The lowest BCUT2D eigenvalue weighted by Crippen LogP contribution is -2.27. The molecule has 1 aliphatic heterocycles. The smallest absolute Gasteiger partial charge is 0.243 e. The van der Waals surface area contributed by atoms with E-state index in [2.05, 4.69) is 30.7 Å². The fourth-order valence-corrected chi connectivity index (χ4v) is 6.00. The number of imidazole rings is 1. The van der Waals surface area contributed by atoms with Crippen LogP contribution < -0.4 is 5.32 Å². The van der Waals surface area contributed by atoms with Gasteiger partial charge in [-0.15, -0.1) is 0 Å². The molecule has 1 N–H and O–H groups in total. The van der Waals surface area contributed by atoms with Gasteiger partial charge in [-0.05, 0) is 61.1 Å². The van der Waals surface area contributed by atoms with E-state index in [-0.39, 0.29) is 10.8 Å². The van der Waals surface area contributed by atoms with Crippen LogP contribution in [0.3, 0.4) is 0 Å². The molecule has 2 aromatic carbocycles. The van der Waals surface area contributed by atoms with Crippen LogP contribution >= 0.6 is 0 Å².